The highest BCUT2D eigenvalue weighted by molar-refractivity contribution is 5.95. The van der Waals surface area contributed by atoms with Crippen LogP contribution >= 0.6 is 0 Å². The molecule has 0 spiro atoms. The summed E-state index contributed by atoms with van der Waals surface area (Å²) in [4.78, 5) is 15.1. The number of nitrogens with one attached hydrogen (secondary N) is 1. The van der Waals surface area contributed by atoms with Gasteiger partial charge in [-0.2, -0.15) is 5.10 Å². The van der Waals surface area contributed by atoms with Gasteiger partial charge in [-0.1, -0.05) is 0 Å². The fourth-order valence-corrected chi connectivity index (χ4v) is 2.23. The molecule has 3 aromatic heterocycles. The molecule has 3 N–H and O–H groups in total. The molecule has 8 nitrogen and oxygen atoms in total. The maximum Gasteiger partial charge on any atom is 0.237 e. The summed E-state index contributed by atoms with van der Waals surface area (Å²) >= 11 is 0. The highest BCUT2D eigenvalue weighted by Crippen LogP contribution is 2.15. The molecule has 0 aliphatic carbocycles. The van der Waals surface area contributed by atoms with Crippen LogP contribution in [0.25, 0.3) is 10.9 Å². The van der Waals surface area contributed by atoms with E-state index in [1.165, 1.54) is 13.2 Å². The Labute approximate surface area is 132 Å². The van der Waals surface area contributed by atoms with Gasteiger partial charge in [-0.15, -0.1) is 0 Å². The quantitative estimate of drug-likeness (QED) is 0.312. The lowest BCUT2D eigenvalue weighted by Crippen LogP contribution is -2.25. The number of carbonyl (C=O) groups excluding carboxylic acids is 1. The van der Waals surface area contributed by atoms with E-state index in [-0.39, 0.29) is 11.7 Å². The fraction of sp³-hybridized carbons (Fsp3) is 0.200. The summed E-state index contributed by atoms with van der Waals surface area (Å²) in [5.74, 6) is 0.301. The van der Waals surface area contributed by atoms with Crippen molar-refractivity contribution in [2.75, 3.05) is 0 Å². The molecule has 0 radical (unpaired) electrons. The van der Waals surface area contributed by atoms with Crippen LogP contribution in [0.2, 0.25) is 0 Å². The van der Waals surface area contributed by atoms with E-state index in [2.05, 4.69) is 15.5 Å². The predicted molar refractivity (Wildman–Crippen MR) is 83.3 cm³/mol. The zero-order chi connectivity index (χ0) is 16.4. The number of nitrogens with two attached hydrogens (primary N) is 1. The summed E-state index contributed by atoms with van der Waals surface area (Å²) in [5.41, 5.74) is 9.47. The number of hydrogen-bond acceptors (Lipinski definition) is 4. The van der Waals surface area contributed by atoms with Crippen LogP contribution in [0, 0.1) is 0 Å². The standard InChI is InChI=1S/C15H16N6O2/c1-10(22)18-19-15(16)12-9-23-14(17-12)8-21-6-3-11-7-20(2)5-4-13(11)21/h3-7,9H,8H2,1-2H3,(H2-,16,18,19,22)/p+1. The second-order valence-corrected chi connectivity index (χ2v) is 5.19. The molecule has 0 aliphatic rings. The van der Waals surface area contributed by atoms with Crippen LogP contribution in [0.15, 0.2) is 46.5 Å². The normalized spacial score (nSPS) is 11.8. The lowest BCUT2D eigenvalue weighted by molar-refractivity contribution is -0.670. The third-order valence-electron chi connectivity index (χ3n) is 3.30. The van der Waals surface area contributed by atoms with Crippen molar-refractivity contribution in [2.24, 2.45) is 17.9 Å². The van der Waals surface area contributed by atoms with Crippen molar-refractivity contribution in [3.63, 3.8) is 0 Å². The first-order valence-corrected chi connectivity index (χ1v) is 7.01. The summed E-state index contributed by atoms with van der Waals surface area (Å²) in [6.07, 6.45) is 7.42. The largest absolute Gasteiger partial charge is 0.446 e. The van der Waals surface area contributed by atoms with E-state index in [9.17, 15) is 4.79 Å². The first-order valence-electron chi connectivity index (χ1n) is 7.01. The molecule has 23 heavy (non-hydrogen) atoms. The van der Waals surface area contributed by atoms with Crippen LogP contribution in [0.4, 0.5) is 0 Å². The SMILES string of the molecule is CC(=O)NN=C(N)c1coc(Cn2ccc3c[n+](C)ccc32)n1. The van der Waals surface area contributed by atoms with Crippen LogP contribution in [-0.4, -0.2) is 21.3 Å². The Hall–Kier alpha value is -3.16. The van der Waals surface area contributed by atoms with E-state index >= 15 is 0 Å². The summed E-state index contributed by atoms with van der Waals surface area (Å²) in [5, 5.41) is 4.86. The molecular formula is C15H17N6O2+. The van der Waals surface area contributed by atoms with E-state index in [1.54, 1.807) is 0 Å². The molecule has 0 saturated heterocycles. The number of aryl methyl sites for hydroxylation is 1. The Bertz CT molecular complexity index is 892. The van der Waals surface area contributed by atoms with E-state index in [0.717, 1.165) is 10.9 Å². The molecule has 1 amide bonds. The minimum Gasteiger partial charge on any atom is -0.446 e. The number of hydrazone groups is 1. The number of rotatable bonds is 4. The van der Waals surface area contributed by atoms with Gasteiger partial charge in [-0.3, -0.25) is 4.79 Å². The van der Waals surface area contributed by atoms with Gasteiger partial charge >= 0.3 is 0 Å². The van der Waals surface area contributed by atoms with E-state index in [4.69, 9.17) is 10.2 Å². The molecule has 3 aromatic rings. The second-order valence-electron chi connectivity index (χ2n) is 5.19. The van der Waals surface area contributed by atoms with Crippen LogP contribution in [0.5, 0.6) is 0 Å². The van der Waals surface area contributed by atoms with E-state index < -0.39 is 0 Å². The molecule has 0 fully saturated rings. The van der Waals surface area contributed by atoms with Crippen molar-refractivity contribution in [3.8, 4) is 0 Å². The highest BCUT2D eigenvalue weighted by Gasteiger charge is 2.11. The van der Waals surface area contributed by atoms with E-state index in [1.807, 2.05) is 46.9 Å². The van der Waals surface area contributed by atoms with Gasteiger partial charge in [0, 0.05) is 19.2 Å². The zero-order valence-electron chi connectivity index (χ0n) is 12.9. The van der Waals surface area contributed by atoms with Gasteiger partial charge in [-0.25, -0.2) is 15.0 Å². The number of amidine groups is 1. The summed E-state index contributed by atoms with van der Waals surface area (Å²) in [6.45, 7) is 1.83. The third-order valence-corrected chi connectivity index (χ3v) is 3.30. The number of fused-ring (bicyclic) bond motifs is 1. The van der Waals surface area contributed by atoms with Gasteiger partial charge in [0.05, 0.1) is 17.4 Å². The third kappa shape index (κ3) is 3.20. The molecule has 3 rings (SSSR count). The van der Waals surface area contributed by atoms with Crippen LogP contribution in [-0.2, 0) is 18.4 Å². The van der Waals surface area contributed by atoms with Gasteiger partial charge in [0.25, 0.3) is 0 Å². The van der Waals surface area contributed by atoms with Crippen LogP contribution < -0.4 is 15.7 Å². The lowest BCUT2D eigenvalue weighted by Gasteiger charge is -2.01. The minimum absolute atomic E-state index is 0.0968. The highest BCUT2D eigenvalue weighted by atomic mass is 16.3. The Morgan fingerprint density at radius 2 is 2.35 bits per heavy atom. The van der Waals surface area contributed by atoms with Crippen LogP contribution in [0.1, 0.15) is 18.5 Å². The molecule has 0 aromatic carbocycles. The van der Waals surface area contributed by atoms with Gasteiger partial charge in [0.2, 0.25) is 11.8 Å². The molecule has 0 saturated carbocycles. The van der Waals surface area contributed by atoms with Gasteiger partial charge in [-0.05, 0) is 6.07 Å². The van der Waals surface area contributed by atoms with Crippen LogP contribution in [0.3, 0.4) is 0 Å². The van der Waals surface area contributed by atoms with Crippen molar-refractivity contribution < 1.29 is 13.8 Å². The van der Waals surface area contributed by atoms with E-state index in [0.29, 0.717) is 18.1 Å². The lowest BCUT2D eigenvalue weighted by atomic mass is 10.3. The molecule has 8 heteroatoms. The van der Waals surface area contributed by atoms with Crippen molar-refractivity contribution >= 4 is 22.6 Å². The number of hydrogen-bond donors (Lipinski definition) is 2. The first kappa shape index (κ1) is 14.8. The first-order chi connectivity index (χ1) is 11.0. The van der Waals surface area contributed by atoms with Crippen molar-refractivity contribution in [2.45, 2.75) is 13.5 Å². The average molecular weight is 313 g/mol. The molecule has 118 valence electrons. The Morgan fingerprint density at radius 3 is 3.13 bits per heavy atom. The number of amides is 1. The maximum absolute atomic E-state index is 10.8. The monoisotopic (exact) mass is 313 g/mol. The molecule has 3 heterocycles. The molecule has 0 bridgehead atoms. The molecule has 0 aliphatic heterocycles. The van der Waals surface area contributed by atoms with Crippen molar-refractivity contribution in [3.05, 3.63) is 48.6 Å². The smallest absolute Gasteiger partial charge is 0.237 e. The molecular weight excluding hydrogens is 296 g/mol. The van der Waals surface area contributed by atoms with Gasteiger partial charge in [0.15, 0.2) is 18.2 Å². The number of aromatic nitrogens is 3. The van der Waals surface area contributed by atoms with Crippen molar-refractivity contribution in [1.82, 2.24) is 15.0 Å². The number of nitrogens with zero attached hydrogens (tertiary/aromatic N) is 4. The average Bonchev–Trinajstić information content (AvgIpc) is 3.12. The Balaban J connectivity index is 1.80. The topological polar surface area (TPSA) is 102 Å². The van der Waals surface area contributed by atoms with Crippen molar-refractivity contribution in [1.29, 1.82) is 0 Å². The van der Waals surface area contributed by atoms with Gasteiger partial charge in [0.1, 0.15) is 19.0 Å². The number of pyridine rings is 1. The maximum atomic E-state index is 10.8. The minimum atomic E-state index is -0.302. The number of carbonyl (C=O) groups is 1. The fourth-order valence-electron chi connectivity index (χ4n) is 2.23. The van der Waals surface area contributed by atoms with Gasteiger partial charge < -0.3 is 14.7 Å². The summed E-state index contributed by atoms with van der Waals surface area (Å²) < 4.78 is 9.46. The summed E-state index contributed by atoms with van der Waals surface area (Å²) in [6, 6.07) is 4.07. The predicted octanol–water partition coefficient (Wildman–Crippen LogP) is 0.258. The zero-order valence-corrected chi connectivity index (χ0v) is 12.9. The summed E-state index contributed by atoms with van der Waals surface area (Å²) in [7, 11) is 1.98. The second kappa shape index (κ2) is 5.91. The Kier molecular flexibility index (Phi) is 3.80. The molecule has 0 atom stereocenters. The Morgan fingerprint density at radius 1 is 1.52 bits per heavy atom. The molecule has 0 unspecified atom stereocenters. The number of oxazole rings is 1.